The van der Waals surface area contributed by atoms with Crippen LogP contribution in [0.5, 0.6) is 0 Å². The molecule has 18 heavy (non-hydrogen) atoms. The largest absolute Gasteiger partial charge is 0.323 e. The number of rotatable bonds is 6. The lowest BCUT2D eigenvalue weighted by atomic mass is 10.1. The van der Waals surface area contributed by atoms with Gasteiger partial charge in [0, 0.05) is 19.1 Å². The van der Waals surface area contributed by atoms with Gasteiger partial charge in [0.25, 0.3) is 0 Å². The van der Waals surface area contributed by atoms with Crippen LogP contribution in [0.15, 0.2) is 18.2 Å². The molecule has 1 fully saturated rings. The summed E-state index contributed by atoms with van der Waals surface area (Å²) in [7, 11) is 0. The van der Waals surface area contributed by atoms with Crippen molar-refractivity contribution in [3.05, 3.63) is 35.4 Å². The lowest BCUT2D eigenvalue weighted by molar-refractivity contribution is 0.260. The number of nitrogens with two attached hydrogens (primary N) is 1. The monoisotopic (exact) mass is 254 g/mol. The molecular formula is C14H20F2N2. The van der Waals surface area contributed by atoms with Crippen LogP contribution in [0.25, 0.3) is 0 Å². The molecule has 1 aromatic carbocycles. The highest BCUT2D eigenvalue weighted by Crippen LogP contribution is 2.30. The Hall–Kier alpha value is -1.00. The molecule has 2 rings (SSSR count). The Morgan fingerprint density at radius 3 is 2.61 bits per heavy atom. The molecule has 2 N–H and O–H groups in total. The molecule has 1 atom stereocenters. The van der Waals surface area contributed by atoms with Crippen LogP contribution in [-0.4, -0.2) is 24.5 Å². The number of benzene rings is 1. The van der Waals surface area contributed by atoms with Crippen LogP contribution >= 0.6 is 0 Å². The molecule has 1 aromatic rings. The van der Waals surface area contributed by atoms with E-state index in [1.807, 2.05) is 0 Å². The van der Waals surface area contributed by atoms with Crippen LogP contribution in [-0.2, 0) is 0 Å². The van der Waals surface area contributed by atoms with Gasteiger partial charge in [-0.1, -0.05) is 13.0 Å². The lowest BCUT2D eigenvalue weighted by Crippen LogP contribution is -2.33. The van der Waals surface area contributed by atoms with Crippen LogP contribution < -0.4 is 5.73 Å². The molecule has 1 aliphatic rings. The third-order valence-electron chi connectivity index (χ3n) is 3.49. The molecule has 2 nitrogen and oxygen atoms in total. The summed E-state index contributed by atoms with van der Waals surface area (Å²) in [5, 5.41) is 0. The Morgan fingerprint density at radius 1 is 1.33 bits per heavy atom. The predicted molar refractivity (Wildman–Crippen MR) is 68.1 cm³/mol. The Kier molecular flexibility index (Phi) is 4.30. The molecule has 0 saturated heterocycles. The summed E-state index contributed by atoms with van der Waals surface area (Å²) in [4.78, 5) is 2.28. The summed E-state index contributed by atoms with van der Waals surface area (Å²) in [6.45, 7) is 4.79. The van der Waals surface area contributed by atoms with Crippen molar-refractivity contribution in [3.63, 3.8) is 0 Å². The van der Waals surface area contributed by atoms with Crippen molar-refractivity contribution in [3.8, 4) is 0 Å². The standard InChI is InChI=1S/C14H20F2N2/c1-2-18(8-10-3-4-10)9-14(17)11-5-6-12(15)13(16)7-11/h5-7,10,14H,2-4,8-9,17H2,1H3. The highest BCUT2D eigenvalue weighted by Gasteiger charge is 2.24. The molecule has 0 heterocycles. The van der Waals surface area contributed by atoms with Gasteiger partial charge in [0.2, 0.25) is 0 Å². The highest BCUT2D eigenvalue weighted by molar-refractivity contribution is 5.21. The molecule has 1 aliphatic carbocycles. The van der Waals surface area contributed by atoms with E-state index in [2.05, 4.69) is 11.8 Å². The fourth-order valence-electron chi connectivity index (χ4n) is 2.12. The second kappa shape index (κ2) is 5.76. The Balaban J connectivity index is 1.96. The number of likely N-dealkylation sites (N-methyl/N-ethyl adjacent to an activating group) is 1. The molecule has 1 unspecified atom stereocenters. The van der Waals surface area contributed by atoms with Crippen molar-refractivity contribution in [2.45, 2.75) is 25.8 Å². The first-order valence-electron chi connectivity index (χ1n) is 6.53. The van der Waals surface area contributed by atoms with E-state index in [9.17, 15) is 8.78 Å². The van der Waals surface area contributed by atoms with E-state index in [0.717, 1.165) is 25.1 Å². The van der Waals surface area contributed by atoms with Crippen molar-refractivity contribution in [1.29, 1.82) is 0 Å². The quantitative estimate of drug-likeness (QED) is 0.845. The first-order chi connectivity index (χ1) is 8.60. The summed E-state index contributed by atoms with van der Waals surface area (Å²) in [5.41, 5.74) is 6.71. The topological polar surface area (TPSA) is 29.3 Å². The first-order valence-corrected chi connectivity index (χ1v) is 6.53. The van der Waals surface area contributed by atoms with Crippen molar-refractivity contribution in [2.24, 2.45) is 11.7 Å². The van der Waals surface area contributed by atoms with Crippen LogP contribution in [0, 0.1) is 17.6 Å². The van der Waals surface area contributed by atoms with Crippen LogP contribution in [0.2, 0.25) is 0 Å². The molecule has 0 aliphatic heterocycles. The van der Waals surface area contributed by atoms with E-state index < -0.39 is 11.6 Å². The second-order valence-corrected chi connectivity index (χ2v) is 5.08. The van der Waals surface area contributed by atoms with Crippen LogP contribution in [0.3, 0.4) is 0 Å². The number of halogens is 2. The minimum Gasteiger partial charge on any atom is -0.323 e. The van der Waals surface area contributed by atoms with E-state index >= 15 is 0 Å². The van der Waals surface area contributed by atoms with Gasteiger partial charge in [-0.25, -0.2) is 8.78 Å². The molecule has 0 aromatic heterocycles. The molecule has 100 valence electrons. The zero-order chi connectivity index (χ0) is 13.1. The Labute approximate surface area is 107 Å². The van der Waals surface area contributed by atoms with E-state index in [4.69, 9.17) is 5.73 Å². The minimum absolute atomic E-state index is 0.265. The number of nitrogens with zero attached hydrogens (tertiary/aromatic N) is 1. The minimum atomic E-state index is -0.826. The average Bonchev–Trinajstić information content (AvgIpc) is 3.15. The van der Waals surface area contributed by atoms with Gasteiger partial charge in [-0.05, 0) is 43.0 Å². The molecule has 0 bridgehead atoms. The fraction of sp³-hybridized carbons (Fsp3) is 0.571. The van der Waals surface area contributed by atoms with Crippen molar-refractivity contribution >= 4 is 0 Å². The maximum atomic E-state index is 13.1. The van der Waals surface area contributed by atoms with Gasteiger partial charge in [0.1, 0.15) is 0 Å². The van der Waals surface area contributed by atoms with Crippen molar-refractivity contribution in [2.75, 3.05) is 19.6 Å². The van der Waals surface area contributed by atoms with Gasteiger partial charge in [-0.2, -0.15) is 0 Å². The second-order valence-electron chi connectivity index (χ2n) is 5.08. The summed E-state index contributed by atoms with van der Waals surface area (Å²) >= 11 is 0. The van der Waals surface area contributed by atoms with Gasteiger partial charge in [0.15, 0.2) is 11.6 Å². The van der Waals surface area contributed by atoms with Gasteiger partial charge < -0.3 is 10.6 Å². The van der Waals surface area contributed by atoms with Crippen molar-refractivity contribution in [1.82, 2.24) is 4.90 Å². The Bertz CT molecular complexity index is 405. The fourth-order valence-corrected chi connectivity index (χ4v) is 2.12. The zero-order valence-electron chi connectivity index (χ0n) is 10.7. The van der Waals surface area contributed by atoms with Gasteiger partial charge in [-0.15, -0.1) is 0 Å². The maximum Gasteiger partial charge on any atom is 0.159 e. The summed E-state index contributed by atoms with van der Waals surface area (Å²) in [6.07, 6.45) is 2.60. The van der Waals surface area contributed by atoms with Gasteiger partial charge in [-0.3, -0.25) is 0 Å². The third-order valence-corrected chi connectivity index (χ3v) is 3.49. The molecule has 0 spiro atoms. The van der Waals surface area contributed by atoms with Gasteiger partial charge >= 0.3 is 0 Å². The molecule has 0 amide bonds. The zero-order valence-corrected chi connectivity index (χ0v) is 10.7. The average molecular weight is 254 g/mol. The summed E-state index contributed by atoms with van der Waals surface area (Å²) < 4.78 is 26.0. The number of hydrogen-bond donors (Lipinski definition) is 1. The Morgan fingerprint density at radius 2 is 2.06 bits per heavy atom. The smallest absolute Gasteiger partial charge is 0.159 e. The normalized spacial score (nSPS) is 17.2. The lowest BCUT2D eigenvalue weighted by Gasteiger charge is -2.24. The van der Waals surface area contributed by atoms with E-state index in [1.54, 1.807) is 6.07 Å². The summed E-state index contributed by atoms with van der Waals surface area (Å²) in [5.74, 6) is -0.841. The van der Waals surface area contributed by atoms with Crippen LogP contribution in [0.4, 0.5) is 8.78 Å². The first kappa shape index (κ1) is 13.4. The van der Waals surface area contributed by atoms with E-state index in [-0.39, 0.29) is 6.04 Å². The van der Waals surface area contributed by atoms with Crippen LogP contribution in [0.1, 0.15) is 31.4 Å². The number of hydrogen-bond acceptors (Lipinski definition) is 2. The molecule has 1 saturated carbocycles. The predicted octanol–water partition coefficient (Wildman–Crippen LogP) is 2.70. The highest BCUT2D eigenvalue weighted by atomic mass is 19.2. The van der Waals surface area contributed by atoms with E-state index in [0.29, 0.717) is 12.1 Å². The molecule has 0 radical (unpaired) electrons. The maximum absolute atomic E-state index is 13.1. The SMILES string of the molecule is CCN(CC1CC1)CC(N)c1ccc(F)c(F)c1. The van der Waals surface area contributed by atoms with Gasteiger partial charge in [0.05, 0.1) is 0 Å². The third kappa shape index (κ3) is 3.50. The van der Waals surface area contributed by atoms with Crippen molar-refractivity contribution < 1.29 is 8.78 Å². The molecular weight excluding hydrogens is 234 g/mol. The van der Waals surface area contributed by atoms with E-state index in [1.165, 1.54) is 18.9 Å². The summed E-state index contributed by atoms with van der Waals surface area (Å²) in [6, 6.07) is 3.64. The molecule has 4 heteroatoms.